The van der Waals surface area contributed by atoms with E-state index in [4.69, 9.17) is 26.1 Å². The zero-order chi connectivity index (χ0) is 22.5. The monoisotopic (exact) mass is 448 g/mol. The predicted octanol–water partition coefficient (Wildman–Crippen LogP) is 7.17. The first-order valence-corrected chi connectivity index (χ1v) is 11.5. The van der Waals surface area contributed by atoms with Crippen molar-refractivity contribution < 1.29 is 9.47 Å². The van der Waals surface area contributed by atoms with Crippen molar-refractivity contribution in [3.8, 4) is 11.5 Å². The van der Waals surface area contributed by atoms with E-state index >= 15 is 0 Å². The van der Waals surface area contributed by atoms with Crippen LogP contribution in [0.15, 0.2) is 66.7 Å². The number of fused-ring (bicyclic) bond motifs is 1. The first kappa shape index (κ1) is 22.2. The molecule has 1 unspecified atom stereocenters. The van der Waals surface area contributed by atoms with Crippen LogP contribution in [0.1, 0.15) is 43.3 Å². The Labute approximate surface area is 194 Å². The normalized spacial score (nSPS) is 12.1. The molecule has 0 bridgehead atoms. The Balaban J connectivity index is 1.47. The molecule has 0 radical (unpaired) electrons. The standard InChI is InChI=1S/C27H29ClN2O2/c1-4-21-10-12-22(13-11-21)31-17-7-16-30-26-9-6-5-8-25(26)29-27(30)20(3)32-23-14-15-24(28)19(2)18-23/h5-6,8-15,18,20H,4,7,16-17H2,1-3H3. The second-order valence-corrected chi connectivity index (χ2v) is 8.39. The lowest BCUT2D eigenvalue weighted by molar-refractivity contribution is 0.210. The quantitative estimate of drug-likeness (QED) is 0.254. The fraction of sp³-hybridized carbons (Fsp3) is 0.296. The van der Waals surface area contributed by atoms with Gasteiger partial charge in [0.05, 0.1) is 17.6 Å². The van der Waals surface area contributed by atoms with Gasteiger partial charge in [0.25, 0.3) is 0 Å². The highest BCUT2D eigenvalue weighted by molar-refractivity contribution is 6.31. The number of aryl methyl sites for hydroxylation is 3. The number of para-hydroxylation sites is 2. The van der Waals surface area contributed by atoms with E-state index in [1.54, 1.807) is 0 Å². The van der Waals surface area contributed by atoms with Gasteiger partial charge in [0, 0.05) is 11.6 Å². The molecule has 0 saturated heterocycles. The number of rotatable bonds is 9. The van der Waals surface area contributed by atoms with Crippen LogP contribution in [0.3, 0.4) is 0 Å². The molecule has 0 aliphatic carbocycles. The molecular formula is C27H29ClN2O2. The second kappa shape index (κ2) is 10.1. The molecule has 0 aliphatic heterocycles. The number of halogens is 1. The molecule has 0 spiro atoms. The van der Waals surface area contributed by atoms with Crippen molar-refractivity contribution in [3.63, 3.8) is 0 Å². The van der Waals surface area contributed by atoms with E-state index in [1.165, 1.54) is 5.56 Å². The number of hydrogen-bond donors (Lipinski definition) is 0. The molecule has 32 heavy (non-hydrogen) atoms. The summed E-state index contributed by atoms with van der Waals surface area (Å²) in [4.78, 5) is 4.88. The summed E-state index contributed by atoms with van der Waals surface area (Å²) in [6.45, 7) is 7.61. The minimum Gasteiger partial charge on any atom is -0.494 e. The molecule has 0 fully saturated rings. The van der Waals surface area contributed by atoms with E-state index < -0.39 is 0 Å². The maximum atomic E-state index is 6.23. The number of benzene rings is 3. The molecule has 0 amide bonds. The van der Waals surface area contributed by atoms with E-state index in [2.05, 4.69) is 29.7 Å². The van der Waals surface area contributed by atoms with E-state index in [0.717, 1.165) is 58.3 Å². The van der Waals surface area contributed by atoms with Crippen LogP contribution in [-0.4, -0.2) is 16.2 Å². The van der Waals surface area contributed by atoms with Gasteiger partial charge in [-0.05, 0) is 80.3 Å². The van der Waals surface area contributed by atoms with Gasteiger partial charge < -0.3 is 14.0 Å². The Morgan fingerprint density at radius 2 is 1.75 bits per heavy atom. The summed E-state index contributed by atoms with van der Waals surface area (Å²) in [7, 11) is 0. The Kier molecular flexibility index (Phi) is 7.01. The van der Waals surface area contributed by atoms with Crippen LogP contribution in [0.2, 0.25) is 5.02 Å². The smallest absolute Gasteiger partial charge is 0.153 e. The van der Waals surface area contributed by atoms with Crippen LogP contribution in [0, 0.1) is 6.92 Å². The lowest BCUT2D eigenvalue weighted by atomic mass is 10.2. The zero-order valence-electron chi connectivity index (χ0n) is 18.8. The summed E-state index contributed by atoms with van der Waals surface area (Å²) in [5, 5.41) is 0.738. The maximum absolute atomic E-state index is 6.23. The Hall–Kier alpha value is -2.98. The van der Waals surface area contributed by atoms with Gasteiger partial charge in [0.2, 0.25) is 0 Å². The molecule has 5 heteroatoms. The summed E-state index contributed by atoms with van der Waals surface area (Å²) in [5.41, 5.74) is 4.39. The number of nitrogens with zero attached hydrogens (tertiary/aromatic N) is 2. The van der Waals surface area contributed by atoms with Crippen molar-refractivity contribution in [2.24, 2.45) is 0 Å². The van der Waals surface area contributed by atoms with E-state index in [0.29, 0.717) is 6.61 Å². The van der Waals surface area contributed by atoms with E-state index in [1.807, 2.05) is 62.4 Å². The third kappa shape index (κ3) is 5.08. The third-order valence-corrected chi connectivity index (χ3v) is 6.04. The molecular weight excluding hydrogens is 420 g/mol. The fourth-order valence-corrected chi connectivity index (χ4v) is 3.94. The first-order chi connectivity index (χ1) is 15.5. The van der Waals surface area contributed by atoms with Crippen LogP contribution in [0.4, 0.5) is 0 Å². The Bertz CT molecular complexity index is 1180. The Morgan fingerprint density at radius 3 is 2.50 bits per heavy atom. The number of imidazole rings is 1. The molecule has 3 aromatic carbocycles. The highest BCUT2D eigenvalue weighted by Crippen LogP contribution is 2.28. The van der Waals surface area contributed by atoms with E-state index in [9.17, 15) is 0 Å². The second-order valence-electron chi connectivity index (χ2n) is 7.98. The molecule has 0 N–H and O–H groups in total. The van der Waals surface area contributed by atoms with Gasteiger partial charge >= 0.3 is 0 Å². The maximum Gasteiger partial charge on any atom is 0.153 e. The van der Waals surface area contributed by atoms with Crippen LogP contribution in [-0.2, 0) is 13.0 Å². The van der Waals surface area contributed by atoms with Crippen molar-refractivity contribution in [2.75, 3.05) is 6.61 Å². The van der Waals surface area contributed by atoms with Gasteiger partial charge in [0.15, 0.2) is 11.9 Å². The molecule has 1 atom stereocenters. The molecule has 4 aromatic rings. The highest BCUT2D eigenvalue weighted by Gasteiger charge is 2.18. The number of hydrogen-bond acceptors (Lipinski definition) is 3. The summed E-state index contributed by atoms with van der Waals surface area (Å²) < 4.78 is 14.4. The van der Waals surface area contributed by atoms with Crippen molar-refractivity contribution in [3.05, 3.63) is 88.7 Å². The van der Waals surface area contributed by atoms with Crippen LogP contribution >= 0.6 is 11.6 Å². The summed E-state index contributed by atoms with van der Waals surface area (Å²) in [6, 6.07) is 22.3. The Morgan fingerprint density at radius 1 is 1.00 bits per heavy atom. The zero-order valence-corrected chi connectivity index (χ0v) is 19.6. The van der Waals surface area contributed by atoms with Crippen LogP contribution in [0.25, 0.3) is 11.0 Å². The number of ether oxygens (including phenoxy) is 2. The van der Waals surface area contributed by atoms with Gasteiger partial charge in [-0.3, -0.25) is 0 Å². The molecule has 1 heterocycles. The lowest BCUT2D eigenvalue weighted by Gasteiger charge is -2.17. The predicted molar refractivity (Wildman–Crippen MR) is 131 cm³/mol. The summed E-state index contributed by atoms with van der Waals surface area (Å²) in [5.74, 6) is 2.61. The molecule has 166 valence electrons. The third-order valence-electron chi connectivity index (χ3n) is 5.62. The average molecular weight is 449 g/mol. The van der Waals surface area contributed by atoms with Crippen molar-refractivity contribution in [2.45, 2.75) is 46.3 Å². The van der Waals surface area contributed by atoms with Gasteiger partial charge in [-0.15, -0.1) is 0 Å². The topological polar surface area (TPSA) is 36.3 Å². The van der Waals surface area contributed by atoms with Gasteiger partial charge in [-0.1, -0.05) is 42.8 Å². The largest absolute Gasteiger partial charge is 0.494 e. The first-order valence-electron chi connectivity index (χ1n) is 11.1. The van der Waals surface area contributed by atoms with Crippen LogP contribution in [0.5, 0.6) is 11.5 Å². The average Bonchev–Trinajstić information content (AvgIpc) is 3.18. The number of aromatic nitrogens is 2. The molecule has 0 saturated carbocycles. The fourth-order valence-electron chi connectivity index (χ4n) is 3.82. The summed E-state index contributed by atoms with van der Waals surface area (Å²) in [6.07, 6.45) is 1.70. The van der Waals surface area contributed by atoms with Gasteiger partial charge in [-0.25, -0.2) is 4.98 Å². The van der Waals surface area contributed by atoms with Crippen LogP contribution < -0.4 is 9.47 Å². The molecule has 4 rings (SSSR count). The molecule has 1 aromatic heterocycles. The highest BCUT2D eigenvalue weighted by atomic mass is 35.5. The van der Waals surface area contributed by atoms with E-state index in [-0.39, 0.29) is 6.10 Å². The van der Waals surface area contributed by atoms with Crippen molar-refractivity contribution in [1.82, 2.24) is 9.55 Å². The molecule has 0 aliphatic rings. The van der Waals surface area contributed by atoms with Gasteiger partial charge in [-0.2, -0.15) is 0 Å². The lowest BCUT2D eigenvalue weighted by Crippen LogP contribution is -2.13. The molecule has 4 nitrogen and oxygen atoms in total. The van der Waals surface area contributed by atoms with Gasteiger partial charge in [0.1, 0.15) is 11.5 Å². The summed E-state index contributed by atoms with van der Waals surface area (Å²) >= 11 is 6.16. The minimum absolute atomic E-state index is 0.203. The van der Waals surface area contributed by atoms with Crippen molar-refractivity contribution in [1.29, 1.82) is 0 Å². The van der Waals surface area contributed by atoms with Crippen molar-refractivity contribution >= 4 is 22.6 Å². The SMILES string of the molecule is CCc1ccc(OCCCn2c(C(C)Oc3ccc(Cl)c(C)c3)nc3ccccc32)cc1. The minimum atomic E-state index is -0.203.